The summed E-state index contributed by atoms with van der Waals surface area (Å²) in [5.41, 5.74) is 3.36. The van der Waals surface area contributed by atoms with Gasteiger partial charge in [-0.3, -0.25) is 9.59 Å². The van der Waals surface area contributed by atoms with Crippen LogP contribution in [0.2, 0.25) is 0 Å². The van der Waals surface area contributed by atoms with Crippen LogP contribution in [-0.2, 0) is 27.5 Å². The molecule has 204 valence electrons. The van der Waals surface area contributed by atoms with Crippen LogP contribution in [0.3, 0.4) is 0 Å². The van der Waals surface area contributed by atoms with Crippen LogP contribution in [0.1, 0.15) is 28.2 Å². The lowest BCUT2D eigenvalue weighted by Crippen LogP contribution is -2.56. The molecule has 0 radical (unpaired) electrons. The van der Waals surface area contributed by atoms with Gasteiger partial charge in [0.05, 0.1) is 32.3 Å². The Kier molecular flexibility index (Phi) is 8.68. The van der Waals surface area contributed by atoms with Gasteiger partial charge in [-0.05, 0) is 36.3 Å². The van der Waals surface area contributed by atoms with E-state index in [2.05, 4.69) is 5.32 Å². The molecule has 1 aliphatic heterocycles. The topological polar surface area (TPSA) is 138 Å². The lowest BCUT2D eigenvalue weighted by Gasteiger charge is -2.40. The van der Waals surface area contributed by atoms with Crippen molar-refractivity contribution in [2.45, 2.75) is 44.2 Å². The van der Waals surface area contributed by atoms with Crippen molar-refractivity contribution in [2.24, 2.45) is 0 Å². The van der Waals surface area contributed by atoms with Crippen LogP contribution >= 0.6 is 0 Å². The lowest BCUT2D eigenvalue weighted by atomic mass is 9.77. The van der Waals surface area contributed by atoms with E-state index in [0.29, 0.717) is 22.6 Å². The monoisotopic (exact) mass is 526 g/mol. The fourth-order valence-electron chi connectivity index (χ4n) is 5.08. The number of benzene rings is 2. The van der Waals surface area contributed by atoms with E-state index >= 15 is 0 Å². The van der Waals surface area contributed by atoms with Gasteiger partial charge in [0.25, 0.3) is 0 Å². The van der Waals surface area contributed by atoms with Gasteiger partial charge in [0.15, 0.2) is 11.5 Å². The van der Waals surface area contributed by atoms with Crippen molar-refractivity contribution in [3.63, 3.8) is 0 Å². The average Bonchev–Trinajstić information content (AvgIpc) is 3.31. The smallest absolute Gasteiger partial charge is 0.249 e. The molecule has 2 aliphatic rings. The molecular formula is C28H34N2O8. The molecule has 2 aromatic rings. The molecule has 38 heavy (non-hydrogen) atoms. The quantitative estimate of drug-likeness (QED) is 0.357. The van der Waals surface area contributed by atoms with Crippen molar-refractivity contribution in [3.05, 3.63) is 70.3 Å². The van der Waals surface area contributed by atoms with Gasteiger partial charge in [0.2, 0.25) is 11.8 Å². The van der Waals surface area contributed by atoms with E-state index in [0.717, 1.165) is 11.1 Å². The summed E-state index contributed by atoms with van der Waals surface area (Å²) >= 11 is 0. The molecule has 0 fully saturated rings. The Bertz CT molecular complexity index is 1200. The maximum absolute atomic E-state index is 13.3. The zero-order valence-corrected chi connectivity index (χ0v) is 21.7. The van der Waals surface area contributed by atoms with Crippen LogP contribution in [0.25, 0.3) is 0 Å². The highest BCUT2D eigenvalue weighted by molar-refractivity contribution is 5.96. The second kappa shape index (κ2) is 12.0. The van der Waals surface area contributed by atoms with Crippen molar-refractivity contribution in [1.29, 1.82) is 0 Å². The van der Waals surface area contributed by atoms with Crippen molar-refractivity contribution in [1.82, 2.24) is 10.2 Å². The van der Waals surface area contributed by atoms with Crippen LogP contribution in [-0.4, -0.2) is 84.3 Å². The van der Waals surface area contributed by atoms with Gasteiger partial charge in [-0.2, -0.15) is 0 Å². The Morgan fingerprint density at radius 2 is 1.84 bits per heavy atom. The summed E-state index contributed by atoms with van der Waals surface area (Å²) in [5, 5.41) is 33.4. The second-order valence-corrected chi connectivity index (χ2v) is 9.46. The molecule has 10 nitrogen and oxygen atoms in total. The molecule has 0 saturated carbocycles. The molecule has 0 bridgehead atoms. The first kappa shape index (κ1) is 27.6. The number of nitrogens with one attached hydrogen (secondary N) is 1. The molecule has 0 aromatic heterocycles. The Labute approximate surface area is 221 Å². The molecular weight excluding hydrogens is 492 g/mol. The van der Waals surface area contributed by atoms with E-state index < -0.39 is 30.1 Å². The maximum Gasteiger partial charge on any atom is 0.249 e. The van der Waals surface area contributed by atoms with E-state index in [4.69, 9.17) is 14.2 Å². The first-order valence-electron chi connectivity index (χ1n) is 12.4. The van der Waals surface area contributed by atoms with E-state index in [1.54, 1.807) is 18.2 Å². The number of hydrogen-bond donors (Lipinski definition) is 4. The first-order chi connectivity index (χ1) is 18.3. The molecule has 1 aliphatic carbocycles. The Morgan fingerprint density at radius 1 is 1.11 bits per heavy atom. The molecule has 4 atom stereocenters. The molecule has 4 rings (SSSR count). The number of hydrogen-bond acceptors (Lipinski definition) is 8. The van der Waals surface area contributed by atoms with Crippen molar-refractivity contribution >= 4 is 11.8 Å². The van der Waals surface area contributed by atoms with Gasteiger partial charge in [-0.15, -0.1) is 0 Å². The average molecular weight is 527 g/mol. The van der Waals surface area contributed by atoms with Crippen molar-refractivity contribution < 1.29 is 39.1 Å². The highest BCUT2D eigenvalue weighted by Gasteiger charge is 2.51. The largest absolute Gasteiger partial charge is 0.493 e. The van der Waals surface area contributed by atoms with Crippen LogP contribution in [0.4, 0.5) is 0 Å². The first-order valence-corrected chi connectivity index (χ1v) is 12.4. The standard InChI is InChI=1S/C28H34N2O8/c1-16-4-6-17(7-5-16)13-30(23(33)15-36-2)21-12-20(28(35)29-8-9-31)24-19-10-18(14-32)11-22(37-3)26(19)38-27(24)25(21)34/h4-7,10-12,21,24-25,27,31-32,34H,8-9,13-15H2,1-3H3,(H,29,35). The maximum atomic E-state index is 13.3. The zero-order valence-electron chi connectivity index (χ0n) is 21.7. The number of nitrogens with zero attached hydrogens (tertiary/aromatic N) is 1. The van der Waals surface area contributed by atoms with Crippen molar-refractivity contribution in [3.8, 4) is 11.5 Å². The number of amides is 2. The highest BCUT2D eigenvalue weighted by Crippen LogP contribution is 2.51. The minimum absolute atomic E-state index is 0.0319. The molecule has 10 heteroatoms. The van der Waals surface area contributed by atoms with Crippen LogP contribution in [0.5, 0.6) is 11.5 Å². The summed E-state index contributed by atoms with van der Waals surface area (Å²) < 4.78 is 16.8. The number of aryl methyl sites for hydroxylation is 1. The Morgan fingerprint density at radius 3 is 2.47 bits per heavy atom. The molecule has 2 aromatic carbocycles. The summed E-state index contributed by atoms with van der Waals surface area (Å²) in [6, 6.07) is 10.1. The number of fused-ring (bicyclic) bond motifs is 3. The molecule has 4 N–H and O–H groups in total. The predicted molar refractivity (Wildman–Crippen MR) is 138 cm³/mol. The fourth-order valence-corrected chi connectivity index (χ4v) is 5.08. The Hall–Kier alpha value is -3.44. The molecule has 1 heterocycles. The number of aliphatic hydroxyl groups is 3. The number of carbonyl (C=O) groups is 2. The van der Waals surface area contributed by atoms with E-state index in [1.807, 2.05) is 31.2 Å². The van der Waals surface area contributed by atoms with Crippen molar-refractivity contribution in [2.75, 3.05) is 34.0 Å². The van der Waals surface area contributed by atoms with Gasteiger partial charge < -0.3 is 39.7 Å². The third-order valence-corrected chi connectivity index (χ3v) is 6.92. The third-order valence-electron chi connectivity index (χ3n) is 6.92. The SMILES string of the molecule is COCC(=O)N(Cc1ccc(C)cc1)C1C=C(C(=O)NCCO)C2c3cc(CO)cc(OC)c3OC2C1O. The van der Waals surface area contributed by atoms with Gasteiger partial charge in [0.1, 0.15) is 18.8 Å². The zero-order chi connectivity index (χ0) is 27.4. The number of methoxy groups -OCH3 is 2. The molecule has 2 amide bonds. The van der Waals surface area contributed by atoms with Crippen LogP contribution in [0.15, 0.2) is 48.0 Å². The minimum atomic E-state index is -1.20. The van der Waals surface area contributed by atoms with E-state index in [9.17, 15) is 24.9 Å². The van der Waals surface area contributed by atoms with Crippen LogP contribution < -0.4 is 14.8 Å². The number of rotatable bonds is 10. The van der Waals surface area contributed by atoms with Gasteiger partial charge in [0, 0.05) is 31.3 Å². The summed E-state index contributed by atoms with van der Waals surface area (Å²) in [5.74, 6) is -0.766. The summed E-state index contributed by atoms with van der Waals surface area (Å²) in [7, 11) is 2.89. The number of carbonyl (C=O) groups excluding carboxylic acids is 2. The number of ether oxygens (including phenoxy) is 3. The second-order valence-electron chi connectivity index (χ2n) is 9.46. The van der Waals surface area contributed by atoms with E-state index in [-0.39, 0.29) is 44.4 Å². The molecule has 4 unspecified atom stereocenters. The number of aliphatic hydroxyl groups excluding tert-OH is 3. The summed E-state index contributed by atoms with van der Waals surface area (Å²) in [6.45, 7) is 1.46. The molecule has 0 spiro atoms. The van der Waals surface area contributed by atoms with Gasteiger partial charge >= 0.3 is 0 Å². The molecule has 0 saturated heterocycles. The Balaban J connectivity index is 1.81. The minimum Gasteiger partial charge on any atom is -0.493 e. The third kappa shape index (κ3) is 5.39. The summed E-state index contributed by atoms with van der Waals surface area (Å²) in [6.07, 6.45) is -0.513. The summed E-state index contributed by atoms with van der Waals surface area (Å²) in [4.78, 5) is 28.1. The fraction of sp³-hybridized carbons (Fsp3) is 0.429. The van der Waals surface area contributed by atoms with Crippen LogP contribution in [0, 0.1) is 6.92 Å². The van der Waals surface area contributed by atoms with E-state index in [1.165, 1.54) is 19.1 Å². The van der Waals surface area contributed by atoms with Gasteiger partial charge in [-0.25, -0.2) is 0 Å². The predicted octanol–water partition coefficient (Wildman–Crippen LogP) is 0.794. The highest BCUT2D eigenvalue weighted by atomic mass is 16.5. The normalized spacial score (nSPS) is 21.6. The lowest BCUT2D eigenvalue weighted by molar-refractivity contribution is -0.141. The van der Waals surface area contributed by atoms with Gasteiger partial charge in [-0.1, -0.05) is 29.8 Å².